The van der Waals surface area contributed by atoms with Crippen LogP contribution in [0.25, 0.3) is 11.2 Å². The first kappa shape index (κ1) is 14.6. The minimum absolute atomic E-state index is 0.0277. The van der Waals surface area contributed by atoms with Gasteiger partial charge in [0.05, 0.1) is 19.5 Å². The van der Waals surface area contributed by atoms with E-state index in [0.29, 0.717) is 24.2 Å². The molecule has 0 unspecified atom stereocenters. The van der Waals surface area contributed by atoms with E-state index in [2.05, 4.69) is 15.0 Å². The molecule has 8 nitrogen and oxygen atoms in total. The largest absolute Gasteiger partial charge is 0.393 e. The Morgan fingerprint density at radius 3 is 2.95 bits per heavy atom. The molecule has 0 saturated carbocycles. The molecule has 0 spiro atoms. The van der Waals surface area contributed by atoms with Gasteiger partial charge in [-0.2, -0.15) is 4.98 Å². The van der Waals surface area contributed by atoms with Crippen molar-refractivity contribution in [2.75, 3.05) is 13.2 Å². The standard InChI is InChI=1S/C12H12Cl2N4O4/c13-8-5-9(17-11(14)16-8)18(4-15-5)10-6(20)7-12(3-19,22-10)1-2-21-7/h4,6-7,10,19-20H,1-3H2/t6-,7+,10-,12-/m1/s1. The van der Waals surface area contributed by atoms with Crippen molar-refractivity contribution < 1.29 is 19.7 Å². The van der Waals surface area contributed by atoms with Crippen LogP contribution in [-0.2, 0) is 9.47 Å². The van der Waals surface area contributed by atoms with E-state index in [4.69, 9.17) is 32.7 Å². The van der Waals surface area contributed by atoms with Gasteiger partial charge in [0, 0.05) is 6.42 Å². The van der Waals surface area contributed by atoms with Gasteiger partial charge in [-0.05, 0) is 11.6 Å². The van der Waals surface area contributed by atoms with Gasteiger partial charge >= 0.3 is 0 Å². The average Bonchev–Trinajstić information content (AvgIpc) is 3.13. The van der Waals surface area contributed by atoms with Gasteiger partial charge in [0.1, 0.15) is 23.3 Å². The first-order valence-corrected chi connectivity index (χ1v) is 7.45. The van der Waals surface area contributed by atoms with E-state index in [9.17, 15) is 10.2 Å². The molecule has 2 saturated heterocycles. The maximum Gasteiger partial charge on any atom is 0.225 e. The van der Waals surface area contributed by atoms with Crippen LogP contribution in [0.1, 0.15) is 12.6 Å². The van der Waals surface area contributed by atoms with Crippen molar-refractivity contribution in [1.29, 1.82) is 0 Å². The maximum absolute atomic E-state index is 10.5. The van der Waals surface area contributed by atoms with Crippen LogP contribution in [0.3, 0.4) is 0 Å². The number of aliphatic hydroxyl groups is 2. The molecule has 2 aromatic heterocycles. The van der Waals surface area contributed by atoms with Crippen LogP contribution >= 0.6 is 23.2 Å². The van der Waals surface area contributed by atoms with Crippen LogP contribution in [0.4, 0.5) is 0 Å². The summed E-state index contributed by atoms with van der Waals surface area (Å²) in [5.74, 6) is 0. The third kappa shape index (κ3) is 1.89. The molecule has 10 heteroatoms. The SMILES string of the molecule is OC[C@]12CCO[C@H]1[C@@H](O)[C@H](n1cnc3c(Cl)nc(Cl)nc31)O2. The Morgan fingerprint density at radius 2 is 2.23 bits per heavy atom. The van der Waals surface area contributed by atoms with Crippen LogP contribution in [0.5, 0.6) is 0 Å². The Balaban J connectivity index is 1.80. The second kappa shape index (κ2) is 4.98. The average molecular weight is 347 g/mol. The van der Waals surface area contributed by atoms with Crippen LogP contribution in [0, 0.1) is 0 Å². The van der Waals surface area contributed by atoms with Crippen molar-refractivity contribution in [3.63, 3.8) is 0 Å². The second-order valence-corrected chi connectivity index (χ2v) is 6.07. The molecule has 22 heavy (non-hydrogen) atoms. The number of imidazole rings is 1. The highest BCUT2D eigenvalue weighted by Gasteiger charge is 2.59. The molecule has 2 aliphatic heterocycles. The molecular weight excluding hydrogens is 335 g/mol. The van der Waals surface area contributed by atoms with Crippen LogP contribution in [-0.4, -0.2) is 60.8 Å². The number of aliphatic hydroxyl groups excluding tert-OH is 2. The van der Waals surface area contributed by atoms with Crippen molar-refractivity contribution in [1.82, 2.24) is 19.5 Å². The normalized spacial score (nSPS) is 34.5. The predicted molar refractivity (Wildman–Crippen MR) is 75.6 cm³/mol. The summed E-state index contributed by atoms with van der Waals surface area (Å²) in [6, 6.07) is 0. The lowest BCUT2D eigenvalue weighted by molar-refractivity contribution is -0.108. The maximum atomic E-state index is 10.5. The van der Waals surface area contributed by atoms with Gasteiger partial charge < -0.3 is 19.7 Å². The minimum atomic E-state index is -0.973. The topological polar surface area (TPSA) is 103 Å². The van der Waals surface area contributed by atoms with Gasteiger partial charge in [-0.1, -0.05) is 11.6 Å². The lowest BCUT2D eigenvalue weighted by atomic mass is 9.95. The lowest BCUT2D eigenvalue weighted by Crippen LogP contribution is -2.42. The molecule has 4 heterocycles. The zero-order chi connectivity index (χ0) is 15.5. The van der Waals surface area contributed by atoms with Gasteiger partial charge in [-0.15, -0.1) is 0 Å². The fourth-order valence-corrected chi connectivity index (χ4v) is 3.54. The summed E-state index contributed by atoms with van der Waals surface area (Å²) in [5.41, 5.74) is -0.207. The molecule has 118 valence electrons. The van der Waals surface area contributed by atoms with E-state index in [1.807, 2.05) is 0 Å². The second-order valence-electron chi connectivity index (χ2n) is 5.37. The molecule has 4 rings (SSSR count). The number of hydrogen-bond donors (Lipinski definition) is 2. The Hall–Kier alpha value is -1.03. The molecule has 2 fully saturated rings. The molecule has 2 N–H and O–H groups in total. The highest BCUT2D eigenvalue weighted by atomic mass is 35.5. The van der Waals surface area contributed by atoms with Gasteiger partial charge in [-0.25, -0.2) is 9.97 Å². The molecule has 0 amide bonds. The van der Waals surface area contributed by atoms with Gasteiger partial charge in [0.2, 0.25) is 5.28 Å². The van der Waals surface area contributed by atoms with E-state index < -0.39 is 24.0 Å². The Kier molecular flexibility index (Phi) is 3.30. The Bertz CT molecular complexity index is 741. The summed E-state index contributed by atoms with van der Waals surface area (Å²) in [4.78, 5) is 12.1. The fraction of sp³-hybridized carbons (Fsp3) is 0.583. The van der Waals surface area contributed by atoms with Crippen molar-refractivity contribution in [2.45, 2.75) is 30.5 Å². The lowest BCUT2D eigenvalue weighted by Gasteiger charge is -2.24. The number of hydrogen-bond acceptors (Lipinski definition) is 7. The Labute approximate surface area is 134 Å². The highest BCUT2D eigenvalue weighted by Crippen LogP contribution is 2.45. The molecule has 0 bridgehead atoms. The van der Waals surface area contributed by atoms with Crippen LogP contribution in [0.2, 0.25) is 10.4 Å². The first-order chi connectivity index (χ1) is 10.6. The van der Waals surface area contributed by atoms with Crippen molar-refractivity contribution in [3.05, 3.63) is 16.8 Å². The van der Waals surface area contributed by atoms with Gasteiger partial charge in [0.25, 0.3) is 0 Å². The van der Waals surface area contributed by atoms with E-state index in [1.165, 1.54) is 10.9 Å². The monoisotopic (exact) mass is 346 g/mol. The zero-order valence-corrected chi connectivity index (χ0v) is 12.7. The number of halogens is 2. The third-order valence-corrected chi connectivity index (χ3v) is 4.62. The predicted octanol–water partition coefficient (Wildman–Crippen LogP) is 0.543. The molecule has 0 aliphatic carbocycles. The highest BCUT2D eigenvalue weighted by molar-refractivity contribution is 6.35. The van der Waals surface area contributed by atoms with E-state index in [1.54, 1.807) is 0 Å². The number of aromatic nitrogens is 4. The summed E-state index contributed by atoms with van der Waals surface area (Å²) in [6.07, 6.45) is -0.427. The third-order valence-electron chi connectivity index (χ3n) is 4.19. The first-order valence-electron chi connectivity index (χ1n) is 6.70. The number of nitrogens with zero attached hydrogens (tertiary/aromatic N) is 4. The van der Waals surface area contributed by atoms with Crippen LogP contribution < -0.4 is 0 Å². The molecule has 2 aliphatic rings. The zero-order valence-electron chi connectivity index (χ0n) is 11.2. The number of rotatable bonds is 2. The van der Waals surface area contributed by atoms with E-state index >= 15 is 0 Å². The summed E-state index contributed by atoms with van der Waals surface area (Å²) in [6.45, 7) is 0.188. The van der Waals surface area contributed by atoms with E-state index in [-0.39, 0.29) is 17.0 Å². The fourth-order valence-electron chi connectivity index (χ4n) is 3.12. The number of ether oxygens (including phenoxy) is 2. The van der Waals surface area contributed by atoms with Gasteiger partial charge in [0.15, 0.2) is 17.0 Å². The Morgan fingerprint density at radius 1 is 1.41 bits per heavy atom. The van der Waals surface area contributed by atoms with Crippen LogP contribution in [0.15, 0.2) is 6.33 Å². The number of fused-ring (bicyclic) bond motifs is 2. The van der Waals surface area contributed by atoms with Crippen molar-refractivity contribution in [2.24, 2.45) is 0 Å². The van der Waals surface area contributed by atoms with E-state index in [0.717, 1.165) is 0 Å². The van der Waals surface area contributed by atoms with Crippen molar-refractivity contribution in [3.8, 4) is 0 Å². The smallest absolute Gasteiger partial charge is 0.225 e. The summed E-state index contributed by atoms with van der Waals surface area (Å²) >= 11 is 11.8. The minimum Gasteiger partial charge on any atom is -0.393 e. The van der Waals surface area contributed by atoms with Gasteiger partial charge in [-0.3, -0.25) is 4.57 Å². The molecular formula is C12H12Cl2N4O4. The summed E-state index contributed by atoms with van der Waals surface area (Å²) in [7, 11) is 0. The van der Waals surface area contributed by atoms with Crippen molar-refractivity contribution >= 4 is 34.4 Å². The summed E-state index contributed by atoms with van der Waals surface area (Å²) < 4.78 is 13.0. The quantitative estimate of drug-likeness (QED) is 0.604. The summed E-state index contributed by atoms with van der Waals surface area (Å²) in [5, 5.41) is 20.3. The molecule has 2 aromatic rings. The molecule has 4 atom stereocenters. The molecule has 0 aromatic carbocycles. The molecule has 0 radical (unpaired) electrons.